The molecule has 7 heteroatoms. The molecule has 0 atom stereocenters. The van der Waals surface area contributed by atoms with Crippen molar-refractivity contribution in [1.29, 1.82) is 0 Å². The number of methoxy groups -OCH3 is 2. The molecule has 2 aromatic rings. The van der Waals surface area contributed by atoms with Crippen molar-refractivity contribution in [3.63, 3.8) is 0 Å². The van der Waals surface area contributed by atoms with E-state index in [1.54, 1.807) is 13.1 Å². The summed E-state index contributed by atoms with van der Waals surface area (Å²) in [6.45, 7) is 0. The standard InChI is InChI=1S/C12H13ClFN3O2/c1-17-9(15)5-7(16-17)10-11(13)6(14)4-8(18-2)12(10)19-3/h4-5H,15H2,1-3H3. The summed E-state index contributed by atoms with van der Waals surface area (Å²) in [5.74, 6) is 0.366. The Balaban J connectivity index is 2.76. The fraction of sp³-hybridized carbons (Fsp3) is 0.250. The van der Waals surface area contributed by atoms with Gasteiger partial charge in [-0.2, -0.15) is 5.10 Å². The lowest BCUT2D eigenvalue weighted by Crippen LogP contribution is -1.98. The minimum absolute atomic E-state index is 0.0873. The van der Waals surface area contributed by atoms with Crippen LogP contribution in [0.4, 0.5) is 10.2 Å². The minimum Gasteiger partial charge on any atom is -0.493 e. The maximum Gasteiger partial charge on any atom is 0.171 e. The predicted molar refractivity (Wildman–Crippen MR) is 71.1 cm³/mol. The van der Waals surface area contributed by atoms with Gasteiger partial charge in [0.2, 0.25) is 0 Å². The van der Waals surface area contributed by atoms with Crippen LogP contribution in [-0.4, -0.2) is 24.0 Å². The van der Waals surface area contributed by atoms with Gasteiger partial charge >= 0.3 is 0 Å². The van der Waals surface area contributed by atoms with Crippen LogP contribution in [0.3, 0.4) is 0 Å². The van der Waals surface area contributed by atoms with Gasteiger partial charge in [-0.15, -0.1) is 0 Å². The number of ether oxygens (including phenoxy) is 2. The molecule has 0 saturated carbocycles. The number of nitrogens with two attached hydrogens (primary N) is 1. The quantitative estimate of drug-likeness (QED) is 0.941. The maximum atomic E-state index is 13.8. The van der Waals surface area contributed by atoms with Gasteiger partial charge in [-0.3, -0.25) is 4.68 Å². The Bertz CT molecular complexity index is 608. The van der Waals surface area contributed by atoms with Crippen molar-refractivity contribution in [1.82, 2.24) is 9.78 Å². The Kier molecular flexibility index (Phi) is 3.53. The van der Waals surface area contributed by atoms with E-state index in [1.165, 1.54) is 18.9 Å². The second kappa shape index (κ2) is 4.97. The highest BCUT2D eigenvalue weighted by atomic mass is 35.5. The molecule has 2 N–H and O–H groups in total. The van der Waals surface area contributed by atoms with Gasteiger partial charge in [-0.25, -0.2) is 4.39 Å². The summed E-state index contributed by atoms with van der Waals surface area (Å²) in [4.78, 5) is 0. The summed E-state index contributed by atoms with van der Waals surface area (Å²) in [6.07, 6.45) is 0. The predicted octanol–water partition coefficient (Wildman–Crippen LogP) is 2.48. The van der Waals surface area contributed by atoms with E-state index < -0.39 is 5.82 Å². The Morgan fingerprint density at radius 1 is 1.32 bits per heavy atom. The molecule has 0 radical (unpaired) electrons. The van der Waals surface area contributed by atoms with Crippen LogP contribution in [-0.2, 0) is 7.05 Å². The van der Waals surface area contributed by atoms with Crippen molar-refractivity contribution in [3.05, 3.63) is 23.0 Å². The number of rotatable bonds is 3. The van der Waals surface area contributed by atoms with E-state index in [4.69, 9.17) is 26.8 Å². The first kappa shape index (κ1) is 13.5. The van der Waals surface area contributed by atoms with Crippen molar-refractivity contribution >= 4 is 17.4 Å². The van der Waals surface area contributed by atoms with Gasteiger partial charge in [0.05, 0.1) is 30.5 Å². The number of hydrogen-bond acceptors (Lipinski definition) is 4. The molecule has 102 valence electrons. The fourth-order valence-electron chi connectivity index (χ4n) is 1.77. The fourth-order valence-corrected chi connectivity index (χ4v) is 2.01. The van der Waals surface area contributed by atoms with E-state index >= 15 is 0 Å². The smallest absolute Gasteiger partial charge is 0.171 e. The largest absolute Gasteiger partial charge is 0.493 e. The Hall–Kier alpha value is -1.95. The van der Waals surface area contributed by atoms with Gasteiger partial charge in [0.25, 0.3) is 0 Å². The van der Waals surface area contributed by atoms with Crippen LogP contribution in [0.25, 0.3) is 11.3 Å². The van der Waals surface area contributed by atoms with E-state index in [9.17, 15) is 4.39 Å². The molecule has 0 unspecified atom stereocenters. The summed E-state index contributed by atoms with van der Waals surface area (Å²) in [7, 11) is 4.54. The monoisotopic (exact) mass is 285 g/mol. The lowest BCUT2D eigenvalue weighted by atomic mass is 10.1. The molecule has 0 bridgehead atoms. The molecule has 0 fully saturated rings. The van der Waals surface area contributed by atoms with Gasteiger partial charge in [0, 0.05) is 19.2 Å². The SMILES string of the molecule is COc1cc(F)c(Cl)c(-c2cc(N)n(C)n2)c1OC. The molecule has 1 aromatic carbocycles. The highest BCUT2D eigenvalue weighted by molar-refractivity contribution is 6.34. The molecular weight excluding hydrogens is 273 g/mol. The minimum atomic E-state index is -0.612. The van der Waals surface area contributed by atoms with Gasteiger partial charge in [0.1, 0.15) is 11.6 Å². The summed E-state index contributed by atoms with van der Waals surface area (Å²) < 4.78 is 25.6. The number of aryl methyl sites for hydroxylation is 1. The van der Waals surface area contributed by atoms with Gasteiger partial charge in [-0.1, -0.05) is 11.6 Å². The molecular formula is C12H13ClFN3O2. The van der Waals surface area contributed by atoms with Crippen LogP contribution >= 0.6 is 11.6 Å². The van der Waals surface area contributed by atoms with Gasteiger partial charge in [0.15, 0.2) is 11.5 Å². The molecule has 0 aliphatic heterocycles. The van der Waals surface area contributed by atoms with Crippen LogP contribution in [0.2, 0.25) is 5.02 Å². The first-order chi connectivity index (χ1) is 8.99. The van der Waals surface area contributed by atoms with Crippen molar-refractivity contribution in [2.45, 2.75) is 0 Å². The average Bonchev–Trinajstić information content (AvgIpc) is 2.71. The van der Waals surface area contributed by atoms with E-state index in [0.717, 1.165) is 6.07 Å². The molecule has 0 spiro atoms. The summed E-state index contributed by atoms with van der Waals surface area (Å²) in [5.41, 5.74) is 6.45. The number of nitrogens with zero attached hydrogens (tertiary/aromatic N) is 2. The molecule has 19 heavy (non-hydrogen) atoms. The van der Waals surface area contributed by atoms with E-state index in [2.05, 4.69) is 5.10 Å². The topological polar surface area (TPSA) is 62.3 Å². The number of aromatic nitrogens is 2. The van der Waals surface area contributed by atoms with Crippen LogP contribution in [0.15, 0.2) is 12.1 Å². The van der Waals surface area contributed by atoms with E-state index in [-0.39, 0.29) is 10.8 Å². The van der Waals surface area contributed by atoms with Crippen LogP contribution < -0.4 is 15.2 Å². The highest BCUT2D eigenvalue weighted by Gasteiger charge is 2.22. The van der Waals surface area contributed by atoms with Crippen LogP contribution in [0.5, 0.6) is 11.5 Å². The van der Waals surface area contributed by atoms with Crippen molar-refractivity contribution in [2.75, 3.05) is 20.0 Å². The summed E-state index contributed by atoms with van der Waals surface area (Å²) in [6, 6.07) is 2.75. The zero-order valence-corrected chi connectivity index (χ0v) is 11.5. The van der Waals surface area contributed by atoms with Gasteiger partial charge in [-0.05, 0) is 0 Å². The van der Waals surface area contributed by atoms with Crippen molar-refractivity contribution in [3.8, 4) is 22.8 Å². The number of anilines is 1. The summed E-state index contributed by atoms with van der Waals surface area (Å²) in [5, 5.41) is 4.08. The molecule has 5 nitrogen and oxygen atoms in total. The molecule has 1 heterocycles. The first-order valence-corrected chi connectivity index (χ1v) is 5.77. The van der Waals surface area contributed by atoms with Crippen LogP contribution in [0.1, 0.15) is 0 Å². The summed E-state index contributed by atoms with van der Waals surface area (Å²) >= 11 is 6.00. The molecule has 0 aliphatic carbocycles. The van der Waals surface area contributed by atoms with Gasteiger partial charge < -0.3 is 15.2 Å². The number of benzene rings is 1. The zero-order chi connectivity index (χ0) is 14.2. The molecule has 2 rings (SSSR count). The Labute approximate surface area is 114 Å². The number of halogens is 2. The third-order valence-electron chi connectivity index (χ3n) is 2.73. The Morgan fingerprint density at radius 2 is 2.00 bits per heavy atom. The molecule has 0 aliphatic rings. The van der Waals surface area contributed by atoms with Crippen molar-refractivity contribution in [2.24, 2.45) is 7.05 Å². The maximum absolute atomic E-state index is 13.8. The van der Waals surface area contributed by atoms with E-state index in [0.29, 0.717) is 22.8 Å². The second-order valence-corrected chi connectivity index (χ2v) is 4.24. The lowest BCUT2D eigenvalue weighted by molar-refractivity contribution is 0.353. The van der Waals surface area contributed by atoms with E-state index in [1.807, 2.05) is 0 Å². The normalized spacial score (nSPS) is 10.6. The van der Waals surface area contributed by atoms with Crippen molar-refractivity contribution < 1.29 is 13.9 Å². The zero-order valence-electron chi connectivity index (χ0n) is 10.7. The molecule has 1 aromatic heterocycles. The highest BCUT2D eigenvalue weighted by Crippen LogP contribution is 2.44. The third-order valence-corrected chi connectivity index (χ3v) is 3.10. The first-order valence-electron chi connectivity index (χ1n) is 5.39. The van der Waals surface area contributed by atoms with Crippen LogP contribution in [0, 0.1) is 5.82 Å². The second-order valence-electron chi connectivity index (χ2n) is 3.86. The Morgan fingerprint density at radius 3 is 2.47 bits per heavy atom. The third kappa shape index (κ3) is 2.19. The number of nitrogen functional groups attached to an aromatic ring is 1. The number of hydrogen-bond donors (Lipinski definition) is 1. The average molecular weight is 286 g/mol. The molecule has 0 amide bonds. The molecule has 0 saturated heterocycles. The lowest BCUT2D eigenvalue weighted by Gasteiger charge is -2.13.